The summed E-state index contributed by atoms with van der Waals surface area (Å²) in [7, 11) is 0. The monoisotopic (exact) mass is 381 g/mol. The fourth-order valence-corrected chi connectivity index (χ4v) is 2.10. The number of carbonyl (C=O) groups excluding carboxylic acids is 1. The average molecular weight is 382 g/mol. The number of amides is 1. The van der Waals surface area contributed by atoms with Crippen LogP contribution in [-0.4, -0.2) is 22.2 Å². The minimum atomic E-state index is -0.626. The summed E-state index contributed by atoms with van der Waals surface area (Å²) in [6, 6.07) is 7.06. The number of halogens is 2. The van der Waals surface area contributed by atoms with Crippen LogP contribution in [0, 0.1) is 15.9 Å². The third-order valence-electron chi connectivity index (χ3n) is 2.76. The summed E-state index contributed by atoms with van der Waals surface area (Å²) in [5, 5.41) is 24.2. The molecular formula is C14H9BrFN3O4. The van der Waals surface area contributed by atoms with Gasteiger partial charge < -0.3 is 5.11 Å². The standard InChI is InChI=1S/C14H9BrFN3O4/c15-12-6-11(19(22)23)5-9(13(12)20)7-17-18-14(21)8-1-3-10(16)4-2-8/h1-7,20H,(H,18,21)/b17-7-. The lowest BCUT2D eigenvalue weighted by Gasteiger charge is -2.02. The molecule has 0 saturated heterocycles. The van der Waals surface area contributed by atoms with Gasteiger partial charge in [0.2, 0.25) is 0 Å². The van der Waals surface area contributed by atoms with E-state index in [4.69, 9.17) is 0 Å². The van der Waals surface area contributed by atoms with Crippen LogP contribution in [0.5, 0.6) is 5.75 Å². The van der Waals surface area contributed by atoms with Crippen LogP contribution in [0.4, 0.5) is 10.1 Å². The third-order valence-corrected chi connectivity index (χ3v) is 3.37. The third kappa shape index (κ3) is 4.10. The fourth-order valence-electron chi connectivity index (χ4n) is 1.64. The summed E-state index contributed by atoms with van der Waals surface area (Å²) in [6.45, 7) is 0. The Morgan fingerprint density at radius 1 is 1.35 bits per heavy atom. The van der Waals surface area contributed by atoms with Crippen LogP contribution in [0.1, 0.15) is 15.9 Å². The number of rotatable bonds is 4. The normalized spacial score (nSPS) is 10.7. The van der Waals surface area contributed by atoms with Crippen LogP contribution in [0.2, 0.25) is 0 Å². The van der Waals surface area contributed by atoms with Crippen molar-refractivity contribution in [1.82, 2.24) is 5.43 Å². The molecule has 2 rings (SSSR count). The number of hydrazone groups is 1. The van der Waals surface area contributed by atoms with E-state index in [-0.39, 0.29) is 27.0 Å². The highest BCUT2D eigenvalue weighted by atomic mass is 79.9. The summed E-state index contributed by atoms with van der Waals surface area (Å²) in [5.41, 5.74) is 2.16. The van der Waals surface area contributed by atoms with E-state index >= 15 is 0 Å². The van der Waals surface area contributed by atoms with Gasteiger partial charge in [-0.25, -0.2) is 9.82 Å². The Labute approximate surface area is 137 Å². The Kier molecular flexibility index (Phi) is 5.02. The summed E-state index contributed by atoms with van der Waals surface area (Å²) in [6.07, 6.45) is 1.06. The number of phenols is 1. The van der Waals surface area contributed by atoms with Gasteiger partial charge in [0.1, 0.15) is 11.6 Å². The van der Waals surface area contributed by atoms with Crippen molar-refractivity contribution in [2.24, 2.45) is 5.10 Å². The summed E-state index contributed by atoms with van der Waals surface area (Å²) < 4.78 is 12.9. The highest BCUT2D eigenvalue weighted by molar-refractivity contribution is 9.10. The van der Waals surface area contributed by atoms with E-state index in [1.807, 2.05) is 0 Å². The molecule has 0 aromatic heterocycles. The van der Waals surface area contributed by atoms with Gasteiger partial charge in [-0.15, -0.1) is 0 Å². The van der Waals surface area contributed by atoms with Gasteiger partial charge in [0.25, 0.3) is 11.6 Å². The van der Waals surface area contributed by atoms with E-state index < -0.39 is 16.6 Å². The number of nitro groups is 1. The van der Waals surface area contributed by atoms with Gasteiger partial charge in [0.15, 0.2) is 0 Å². The molecule has 0 aliphatic carbocycles. The van der Waals surface area contributed by atoms with E-state index in [0.29, 0.717) is 0 Å². The number of hydrogen-bond acceptors (Lipinski definition) is 5. The molecule has 1 amide bonds. The fraction of sp³-hybridized carbons (Fsp3) is 0. The van der Waals surface area contributed by atoms with E-state index in [1.165, 1.54) is 12.1 Å². The zero-order valence-corrected chi connectivity index (χ0v) is 12.9. The molecule has 0 saturated carbocycles. The Bertz CT molecular complexity index is 793. The van der Waals surface area contributed by atoms with Crippen molar-refractivity contribution in [1.29, 1.82) is 0 Å². The van der Waals surface area contributed by atoms with Crippen LogP contribution in [0.15, 0.2) is 46.0 Å². The maximum Gasteiger partial charge on any atom is 0.271 e. The van der Waals surface area contributed by atoms with Crippen molar-refractivity contribution in [3.05, 3.63) is 67.9 Å². The van der Waals surface area contributed by atoms with Gasteiger partial charge in [-0.05, 0) is 40.2 Å². The highest BCUT2D eigenvalue weighted by Gasteiger charge is 2.13. The Morgan fingerprint density at radius 2 is 2.00 bits per heavy atom. The Morgan fingerprint density at radius 3 is 2.61 bits per heavy atom. The first-order valence-electron chi connectivity index (χ1n) is 6.14. The number of hydrogen-bond donors (Lipinski definition) is 2. The van der Waals surface area contributed by atoms with Crippen molar-refractivity contribution in [2.45, 2.75) is 0 Å². The lowest BCUT2D eigenvalue weighted by molar-refractivity contribution is -0.385. The molecule has 2 aromatic rings. The lowest BCUT2D eigenvalue weighted by atomic mass is 10.2. The summed E-state index contributed by atoms with van der Waals surface area (Å²) in [5.74, 6) is -1.32. The molecule has 23 heavy (non-hydrogen) atoms. The van der Waals surface area contributed by atoms with Crippen molar-refractivity contribution in [2.75, 3.05) is 0 Å². The molecule has 0 radical (unpaired) electrons. The van der Waals surface area contributed by atoms with Crippen LogP contribution in [0.25, 0.3) is 0 Å². The lowest BCUT2D eigenvalue weighted by Crippen LogP contribution is -2.17. The zero-order valence-electron chi connectivity index (χ0n) is 11.4. The first kappa shape index (κ1) is 16.6. The van der Waals surface area contributed by atoms with E-state index in [2.05, 4.69) is 26.5 Å². The average Bonchev–Trinajstić information content (AvgIpc) is 2.51. The molecule has 0 aliphatic heterocycles. The zero-order chi connectivity index (χ0) is 17.0. The smallest absolute Gasteiger partial charge is 0.271 e. The van der Waals surface area contributed by atoms with Gasteiger partial charge in [-0.3, -0.25) is 14.9 Å². The van der Waals surface area contributed by atoms with Gasteiger partial charge in [-0.2, -0.15) is 5.10 Å². The predicted molar refractivity (Wildman–Crippen MR) is 83.9 cm³/mol. The number of nitrogens with one attached hydrogen (secondary N) is 1. The first-order chi connectivity index (χ1) is 10.9. The maximum absolute atomic E-state index is 12.8. The molecule has 9 heteroatoms. The number of phenolic OH excluding ortho intramolecular Hbond substituents is 1. The van der Waals surface area contributed by atoms with Gasteiger partial charge >= 0.3 is 0 Å². The predicted octanol–water partition coefficient (Wildman–Crippen LogP) is 2.97. The van der Waals surface area contributed by atoms with Crippen LogP contribution >= 0.6 is 15.9 Å². The SMILES string of the molecule is O=C(N/N=C\c1cc([N+](=O)[O-])cc(Br)c1O)c1ccc(F)cc1. The van der Waals surface area contributed by atoms with E-state index in [0.717, 1.165) is 30.5 Å². The molecule has 0 fully saturated rings. The number of nitrogens with zero attached hydrogens (tertiary/aromatic N) is 2. The van der Waals surface area contributed by atoms with Gasteiger partial charge in [0.05, 0.1) is 15.6 Å². The molecule has 2 aromatic carbocycles. The second-order valence-corrected chi connectivity index (χ2v) is 5.18. The molecule has 118 valence electrons. The second-order valence-electron chi connectivity index (χ2n) is 4.33. The molecule has 0 atom stereocenters. The minimum absolute atomic E-state index is 0.0467. The maximum atomic E-state index is 12.8. The highest BCUT2D eigenvalue weighted by Crippen LogP contribution is 2.31. The minimum Gasteiger partial charge on any atom is -0.506 e. The van der Waals surface area contributed by atoms with Crippen LogP contribution < -0.4 is 5.43 Å². The summed E-state index contributed by atoms with van der Waals surface area (Å²) in [4.78, 5) is 21.9. The molecule has 0 bridgehead atoms. The van der Waals surface area contributed by atoms with E-state index in [9.17, 15) is 24.4 Å². The molecular weight excluding hydrogens is 373 g/mol. The summed E-state index contributed by atoms with van der Waals surface area (Å²) >= 11 is 2.99. The van der Waals surface area contributed by atoms with Crippen molar-refractivity contribution in [3.8, 4) is 5.75 Å². The Hall–Kier alpha value is -2.81. The quantitative estimate of drug-likeness (QED) is 0.482. The number of aromatic hydroxyl groups is 1. The first-order valence-corrected chi connectivity index (χ1v) is 6.93. The van der Waals surface area contributed by atoms with Gasteiger partial charge in [0, 0.05) is 23.3 Å². The van der Waals surface area contributed by atoms with E-state index in [1.54, 1.807) is 0 Å². The van der Waals surface area contributed by atoms with Crippen molar-refractivity contribution in [3.63, 3.8) is 0 Å². The number of non-ortho nitro benzene ring substituents is 1. The largest absolute Gasteiger partial charge is 0.506 e. The molecule has 7 nitrogen and oxygen atoms in total. The molecule has 0 spiro atoms. The topological polar surface area (TPSA) is 105 Å². The van der Waals surface area contributed by atoms with Crippen molar-refractivity contribution < 1.29 is 19.2 Å². The molecule has 0 heterocycles. The van der Waals surface area contributed by atoms with Crippen LogP contribution in [-0.2, 0) is 0 Å². The molecule has 2 N–H and O–H groups in total. The van der Waals surface area contributed by atoms with Crippen LogP contribution in [0.3, 0.4) is 0 Å². The Balaban J connectivity index is 2.15. The van der Waals surface area contributed by atoms with Gasteiger partial charge in [-0.1, -0.05) is 0 Å². The molecule has 0 aliphatic rings. The number of nitro benzene ring substituents is 1. The second kappa shape index (κ2) is 6.97. The molecule has 0 unspecified atom stereocenters. The number of carbonyl (C=O) groups is 1. The number of benzene rings is 2. The van der Waals surface area contributed by atoms with Crippen molar-refractivity contribution >= 4 is 33.7 Å².